The summed E-state index contributed by atoms with van der Waals surface area (Å²) in [6, 6.07) is 7.83. The highest BCUT2D eigenvalue weighted by atomic mass is 32.1. The lowest BCUT2D eigenvalue weighted by Crippen LogP contribution is -2.30. The molecule has 0 fully saturated rings. The van der Waals surface area contributed by atoms with E-state index < -0.39 is 0 Å². The number of nitrogen functional groups attached to an aromatic ring is 1. The third-order valence-corrected chi connectivity index (χ3v) is 4.52. The van der Waals surface area contributed by atoms with Gasteiger partial charge in [-0.2, -0.15) is 0 Å². The number of aliphatic hydroxyl groups excluding tert-OH is 2. The van der Waals surface area contributed by atoms with Gasteiger partial charge in [-0.3, -0.25) is 0 Å². The van der Waals surface area contributed by atoms with E-state index in [0.29, 0.717) is 18.8 Å². The van der Waals surface area contributed by atoms with Crippen molar-refractivity contribution in [3.8, 4) is 11.1 Å². The third kappa shape index (κ3) is 3.52. The zero-order valence-electron chi connectivity index (χ0n) is 13.0. The highest BCUT2D eigenvalue weighted by Gasteiger charge is 2.17. The quantitative estimate of drug-likeness (QED) is 0.679. The average molecular weight is 321 g/mol. The van der Waals surface area contributed by atoms with Crippen LogP contribution >= 0.6 is 11.3 Å². The molecule has 0 saturated carbocycles. The molecule has 0 unspecified atom stereocenters. The number of anilines is 3. The van der Waals surface area contributed by atoms with Gasteiger partial charge in [0.25, 0.3) is 0 Å². The van der Waals surface area contributed by atoms with Crippen LogP contribution in [-0.2, 0) is 0 Å². The molecule has 120 valence electrons. The molecule has 4 N–H and O–H groups in total. The van der Waals surface area contributed by atoms with E-state index in [9.17, 15) is 10.2 Å². The van der Waals surface area contributed by atoms with E-state index in [-0.39, 0.29) is 13.2 Å². The van der Waals surface area contributed by atoms with E-state index in [0.717, 1.165) is 21.8 Å². The Kier molecular flexibility index (Phi) is 5.65. The Morgan fingerprint density at radius 2 is 1.73 bits per heavy atom. The van der Waals surface area contributed by atoms with E-state index in [1.54, 1.807) is 11.3 Å². The van der Waals surface area contributed by atoms with Crippen molar-refractivity contribution >= 4 is 27.7 Å². The Balaban J connectivity index is 2.54. The van der Waals surface area contributed by atoms with Gasteiger partial charge in [-0.25, -0.2) is 0 Å². The summed E-state index contributed by atoms with van der Waals surface area (Å²) in [5, 5.41) is 21.8. The van der Waals surface area contributed by atoms with E-state index in [2.05, 4.69) is 16.3 Å². The van der Waals surface area contributed by atoms with Gasteiger partial charge in [0.2, 0.25) is 0 Å². The third-order valence-electron chi connectivity index (χ3n) is 3.44. The monoisotopic (exact) mass is 321 g/mol. The Bertz CT molecular complexity index is 607. The van der Waals surface area contributed by atoms with Crippen molar-refractivity contribution in [1.82, 2.24) is 0 Å². The number of hydrogen-bond donors (Lipinski definition) is 3. The van der Waals surface area contributed by atoms with Gasteiger partial charge in [0.1, 0.15) is 0 Å². The second-order valence-electron chi connectivity index (χ2n) is 5.24. The maximum absolute atomic E-state index is 9.29. The van der Waals surface area contributed by atoms with Crippen LogP contribution in [0.3, 0.4) is 0 Å². The molecule has 0 aliphatic rings. The molecule has 2 rings (SSSR count). The molecule has 6 heteroatoms. The van der Waals surface area contributed by atoms with E-state index >= 15 is 0 Å². The summed E-state index contributed by atoms with van der Waals surface area (Å²) in [7, 11) is 4.03. The molecule has 0 atom stereocenters. The van der Waals surface area contributed by atoms with Gasteiger partial charge in [0.15, 0.2) is 0 Å². The van der Waals surface area contributed by atoms with Crippen LogP contribution in [0.1, 0.15) is 0 Å². The summed E-state index contributed by atoms with van der Waals surface area (Å²) in [5.74, 6) is 0. The number of aliphatic hydroxyl groups is 2. The molecule has 2 aromatic rings. The normalized spacial score (nSPS) is 10.7. The number of thiophene rings is 1. The molecular weight excluding hydrogens is 298 g/mol. The first-order chi connectivity index (χ1) is 10.6. The molecule has 1 heterocycles. The van der Waals surface area contributed by atoms with Crippen LogP contribution < -0.4 is 15.5 Å². The minimum atomic E-state index is 0.0357. The molecule has 0 aliphatic carbocycles. The lowest BCUT2D eigenvalue weighted by atomic mass is 10.0. The van der Waals surface area contributed by atoms with Gasteiger partial charge in [-0.1, -0.05) is 0 Å². The van der Waals surface area contributed by atoms with Crippen molar-refractivity contribution in [3.05, 3.63) is 29.6 Å². The molecule has 1 aromatic carbocycles. The standard InChI is InChI=1S/C16H23N3O2S/c1-18(2)16-13(5-10-22-16)14-11-12(17)3-4-15(14)19(6-8-20)7-9-21/h3-5,10-11,20-21H,6-9,17H2,1-2H3. The van der Waals surface area contributed by atoms with Crippen molar-refractivity contribution < 1.29 is 10.2 Å². The predicted octanol–water partition coefficient (Wildman–Crippen LogP) is 1.85. The summed E-state index contributed by atoms with van der Waals surface area (Å²) in [6.07, 6.45) is 0. The van der Waals surface area contributed by atoms with Crippen molar-refractivity contribution in [2.75, 3.05) is 55.9 Å². The van der Waals surface area contributed by atoms with Crippen LogP contribution in [0.4, 0.5) is 16.4 Å². The fourth-order valence-electron chi connectivity index (χ4n) is 2.49. The van der Waals surface area contributed by atoms with Crippen LogP contribution in [0.2, 0.25) is 0 Å². The van der Waals surface area contributed by atoms with Gasteiger partial charge < -0.3 is 25.7 Å². The Morgan fingerprint density at radius 3 is 2.32 bits per heavy atom. The second-order valence-corrected chi connectivity index (χ2v) is 6.14. The predicted molar refractivity (Wildman–Crippen MR) is 94.9 cm³/mol. The van der Waals surface area contributed by atoms with Gasteiger partial charge >= 0.3 is 0 Å². The second kappa shape index (κ2) is 7.49. The van der Waals surface area contributed by atoms with Crippen LogP contribution in [0.5, 0.6) is 0 Å². The van der Waals surface area contributed by atoms with Crippen molar-refractivity contribution in [3.63, 3.8) is 0 Å². The molecular formula is C16H23N3O2S. The highest BCUT2D eigenvalue weighted by molar-refractivity contribution is 7.14. The fourth-order valence-corrected chi connectivity index (χ4v) is 3.34. The Labute approximate surface area is 135 Å². The Morgan fingerprint density at radius 1 is 1.05 bits per heavy atom. The van der Waals surface area contributed by atoms with E-state index in [4.69, 9.17) is 5.73 Å². The number of nitrogens with two attached hydrogens (primary N) is 1. The maximum atomic E-state index is 9.29. The maximum Gasteiger partial charge on any atom is 0.0984 e. The molecule has 0 saturated heterocycles. The molecule has 0 spiro atoms. The van der Waals surface area contributed by atoms with Crippen LogP contribution in [0.25, 0.3) is 11.1 Å². The number of hydrogen-bond acceptors (Lipinski definition) is 6. The molecule has 1 aromatic heterocycles. The van der Waals surface area contributed by atoms with Gasteiger partial charge in [-0.05, 0) is 29.6 Å². The number of benzene rings is 1. The zero-order valence-corrected chi connectivity index (χ0v) is 13.8. The summed E-state index contributed by atoms with van der Waals surface area (Å²) in [4.78, 5) is 4.06. The first kappa shape index (κ1) is 16.6. The fraction of sp³-hybridized carbons (Fsp3) is 0.375. The van der Waals surface area contributed by atoms with Crippen LogP contribution in [0, 0.1) is 0 Å². The van der Waals surface area contributed by atoms with Crippen LogP contribution in [-0.4, -0.2) is 50.6 Å². The topological polar surface area (TPSA) is 73.0 Å². The largest absolute Gasteiger partial charge is 0.399 e. The smallest absolute Gasteiger partial charge is 0.0984 e. The minimum absolute atomic E-state index is 0.0357. The van der Waals surface area contributed by atoms with E-state index in [1.807, 2.05) is 37.2 Å². The zero-order chi connectivity index (χ0) is 16.1. The van der Waals surface area contributed by atoms with Crippen molar-refractivity contribution in [1.29, 1.82) is 0 Å². The molecule has 0 aliphatic heterocycles. The van der Waals surface area contributed by atoms with Crippen LogP contribution in [0.15, 0.2) is 29.6 Å². The van der Waals surface area contributed by atoms with Crippen molar-refractivity contribution in [2.45, 2.75) is 0 Å². The average Bonchev–Trinajstić information content (AvgIpc) is 2.96. The van der Waals surface area contributed by atoms with Crippen molar-refractivity contribution in [2.24, 2.45) is 0 Å². The lowest BCUT2D eigenvalue weighted by molar-refractivity contribution is 0.281. The number of rotatable bonds is 7. The molecule has 0 radical (unpaired) electrons. The van der Waals surface area contributed by atoms with Gasteiger partial charge in [-0.15, -0.1) is 11.3 Å². The van der Waals surface area contributed by atoms with Gasteiger partial charge in [0, 0.05) is 49.7 Å². The summed E-state index contributed by atoms with van der Waals surface area (Å²) in [5.41, 5.74) is 9.78. The molecule has 5 nitrogen and oxygen atoms in total. The number of nitrogens with zero attached hydrogens (tertiary/aromatic N) is 2. The SMILES string of the molecule is CN(C)c1sccc1-c1cc(N)ccc1N(CCO)CCO. The van der Waals surface area contributed by atoms with E-state index in [1.165, 1.54) is 0 Å². The highest BCUT2D eigenvalue weighted by Crippen LogP contribution is 2.40. The van der Waals surface area contributed by atoms with Gasteiger partial charge in [0.05, 0.1) is 18.2 Å². The lowest BCUT2D eigenvalue weighted by Gasteiger charge is -2.26. The Hall–Kier alpha value is -1.76. The molecule has 0 bridgehead atoms. The minimum Gasteiger partial charge on any atom is -0.399 e. The molecule has 22 heavy (non-hydrogen) atoms. The molecule has 0 amide bonds. The first-order valence-electron chi connectivity index (χ1n) is 7.20. The summed E-state index contributed by atoms with van der Waals surface area (Å²) < 4.78 is 0. The summed E-state index contributed by atoms with van der Waals surface area (Å²) in [6.45, 7) is 1.01. The summed E-state index contributed by atoms with van der Waals surface area (Å²) >= 11 is 1.67. The first-order valence-corrected chi connectivity index (χ1v) is 8.07.